The van der Waals surface area contributed by atoms with E-state index < -0.39 is 0 Å². The molecule has 0 N–H and O–H groups in total. The molecule has 0 radical (unpaired) electrons. The third-order valence-electron chi connectivity index (χ3n) is 1.44. The van der Waals surface area contributed by atoms with Crippen molar-refractivity contribution in [3.05, 3.63) is 33.5 Å². The summed E-state index contributed by atoms with van der Waals surface area (Å²) in [6.07, 6.45) is 0.709. The van der Waals surface area contributed by atoms with Crippen LogP contribution in [-0.4, -0.2) is 6.54 Å². The van der Waals surface area contributed by atoms with Gasteiger partial charge in [-0.2, -0.15) is 0 Å². The Balaban J connectivity index is 2.71. The minimum atomic E-state index is 0.501. The van der Waals surface area contributed by atoms with Gasteiger partial charge in [-0.15, -0.1) is 0 Å². The Morgan fingerprint density at radius 3 is 2.91 bits per heavy atom. The molecule has 0 saturated carbocycles. The summed E-state index contributed by atoms with van der Waals surface area (Å²) in [7, 11) is 0. The average molecular weight is 214 g/mol. The Bertz CT molecular complexity index is 285. The Labute approximate surface area is 74.2 Å². The maximum atomic E-state index is 6.60. The molecule has 1 heterocycles. The second kappa shape index (κ2) is 3.59. The van der Waals surface area contributed by atoms with Crippen molar-refractivity contribution in [2.75, 3.05) is 6.54 Å². The number of hydrogen-bond donors (Lipinski definition) is 0. The molecule has 0 spiro atoms. The highest BCUT2D eigenvalue weighted by Crippen LogP contribution is 2.19. The highest BCUT2D eigenvalue weighted by molar-refractivity contribution is 9.10. The monoisotopic (exact) mass is 213 g/mol. The summed E-state index contributed by atoms with van der Waals surface area (Å²) in [6.45, 7) is 9.08. The fourth-order valence-corrected chi connectivity index (χ4v) is 1.42. The van der Waals surface area contributed by atoms with Crippen molar-refractivity contribution < 1.29 is 4.42 Å². The van der Waals surface area contributed by atoms with E-state index in [1.807, 2.05) is 13.0 Å². The molecule has 0 bridgehead atoms. The second-order valence-electron chi connectivity index (χ2n) is 2.29. The zero-order valence-corrected chi connectivity index (χ0v) is 7.81. The maximum absolute atomic E-state index is 6.60. The molecule has 3 heteroatoms. The van der Waals surface area contributed by atoms with Crippen molar-refractivity contribution in [2.24, 2.45) is 0 Å². The topological polar surface area (TPSA) is 17.5 Å². The van der Waals surface area contributed by atoms with Crippen molar-refractivity contribution in [1.29, 1.82) is 0 Å². The quantitative estimate of drug-likeness (QED) is 0.692. The first-order valence-electron chi connectivity index (χ1n) is 3.32. The van der Waals surface area contributed by atoms with Gasteiger partial charge >= 0.3 is 0 Å². The van der Waals surface area contributed by atoms with Crippen molar-refractivity contribution in [3.8, 4) is 0 Å². The molecule has 1 aromatic heterocycles. The molecular weight excluding hydrogens is 206 g/mol. The number of nitrogens with zero attached hydrogens (tertiary/aromatic N) is 1. The lowest BCUT2D eigenvalue weighted by molar-refractivity contribution is 0.490. The molecule has 0 atom stereocenters. The number of hydrogen-bond acceptors (Lipinski definition) is 1. The van der Waals surface area contributed by atoms with E-state index in [9.17, 15) is 0 Å². The zero-order valence-electron chi connectivity index (χ0n) is 6.22. The molecule has 58 valence electrons. The molecule has 0 aliphatic carbocycles. The van der Waals surface area contributed by atoms with Gasteiger partial charge in [-0.05, 0) is 34.5 Å². The van der Waals surface area contributed by atoms with Gasteiger partial charge in [0.1, 0.15) is 5.76 Å². The van der Waals surface area contributed by atoms with Crippen LogP contribution in [0.5, 0.6) is 0 Å². The molecule has 11 heavy (non-hydrogen) atoms. The first-order valence-corrected chi connectivity index (χ1v) is 4.11. The van der Waals surface area contributed by atoms with E-state index in [0.717, 1.165) is 16.0 Å². The maximum Gasteiger partial charge on any atom is 0.221 e. The Kier molecular flexibility index (Phi) is 2.72. The summed E-state index contributed by atoms with van der Waals surface area (Å²) < 4.78 is 6.04. The van der Waals surface area contributed by atoms with Crippen molar-refractivity contribution in [2.45, 2.75) is 13.3 Å². The van der Waals surface area contributed by atoms with Crippen molar-refractivity contribution in [3.63, 3.8) is 0 Å². The van der Waals surface area contributed by atoms with E-state index in [0.29, 0.717) is 13.0 Å². The lowest BCUT2D eigenvalue weighted by atomic mass is 10.2. The minimum Gasteiger partial charge on any atom is -0.454 e. The minimum absolute atomic E-state index is 0.501. The Morgan fingerprint density at radius 2 is 2.45 bits per heavy atom. The number of rotatable bonds is 2. The summed E-state index contributed by atoms with van der Waals surface area (Å²) in [4.78, 5) is 3.26. The van der Waals surface area contributed by atoms with E-state index in [1.165, 1.54) is 0 Å². The summed E-state index contributed by atoms with van der Waals surface area (Å²) in [5.74, 6) is 0.910. The SMILES string of the molecule is [C-]#[N+]CCc1oc(Br)cc1C. The van der Waals surface area contributed by atoms with Gasteiger partial charge in [0.25, 0.3) is 0 Å². The predicted octanol–water partition coefficient (Wildman–Crippen LogP) is 2.81. The number of furan rings is 1. The van der Waals surface area contributed by atoms with E-state index in [1.54, 1.807) is 0 Å². The molecule has 0 aliphatic heterocycles. The van der Waals surface area contributed by atoms with Crippen molar-refractivity contribution in [1.82, 2.24) is 0 Å². The Hall–Kier alpha value is -0.750. The molecule has 0 aromatic carbocycles. The molecule has 1 aromatic rings. The lowest BCUT2D eigenvalue weighted by Crippen LogP contribution is -1.86. The molecular formula is C8H8BrNO. The first kappa shape index (κ1) is 8.35. The summed E-state index contributed by atoms with van der Waals surface area (Å²) in [5, 5.41) is 0. The normalized spacial score (nSPS) is 9.55. The van der Waals surface area contributed by atoms with Crippen LogP contribution in [0.25, 0.3) is 4.85 Å². The van der Waals surface area contributed by atoms with Gasteiger partial charge in [0, 0.05) is 0 Å². The Morgan fingerprint density at radius 1 is 1.73 bits per heavy atom. The fraction of sp³-hybridized carbons (Fsp3) is 0.375. The van der Waals surface area contributed by atoms with Gasteiger partial charge in [-0.1, -0.05) is 0 Å². The average Bonchev–Trinajstić information content (AvgIpc) is 2.26. The predicted molar refractivity (Wildman–Crippen MR) is 46.3 cm³/mol. The van der Waals surface area contributed by atoms with Gasteiger partial charge in [0.2, 0.25) is 6.54 Å². The summed E-state index contributed by atoms with van der Waals surface area (Å²) >= 11 is 3.23. The van der Waals surface area contributed by atoms with Crippen LogP contribution >= 0.6 is 15.9 Å². The third-order valence-corrected chi connectivity index (χ3v) is 1.83. The highest BCUT2D eigenvalue weighted by Gasteiger charge is 2.05. The van der Waals surface area contributed by atoms with Crippen LogP contribution in [0.3, 0.4) is 0 Å². The first-order chi connectivity index (χ1) is 5.24. The number of aryl methyl sites for hydroxylation is 1. The van der Waals surface area contributed by atoms with Crippen LogP contribution in [0.15, 0.2) is 15.2 Å². The lowest BCUT2D eigenvalue weighted by Gasteiger charge is -1.89. The van der Waals surface area contributed by atoms with Gasteiger partial charge < -0.3 is 9.26 Å². The fourth-order valence-electron chi connectivity index (χ4n) is 0.884. The second-order valence-corrected chi connectivity index (χ2v) is 3.07. The van der Waals surface area contributed by atoms with E-state index in [-0.39, 0.29) is 0 Å². The van der Waals surface area contributed by atoms with Crippen molar-refractivity contribution >= 4 is 15.9 Å². The van der Waals surface area contributed by atoms with Gasteiger partial charge in [-0.25, -0.2) is 6.57 Å². The smallest absolute Gasteiger partial charge is 0.221 e. The molecule has 0 saturated heterocycles. The zero-order chi connectivity index (χ0) is 8.27. The van der Waals surface area contributed by atoms with Crippen LogP contribution in [0, 0.1) is 13.5 Å². The summed E-state index contributed by atoms with van der Waals surface area (Å²) in [6, 6.07) is 1.92. The van der Waals surface area contributed by atoms with Gasteiger partial charge in [0.15, 0.2) is 4.67 Å². The molecule has 0 amide bonds. The molecule has 0 unspecified atom stereocenters. The molecule has 1 rings (SSSR count). The molecule has 0 aliphatic rings. The molecule has 0 fully saturated rings. The highest BCUT2D eigenvalue weighted by atomic mass is 79.9. The van der Waals surface area contributed by atoms with Crippen LogP contribution < -0.4 is 0 Å². The van der Waals surface area contributed by atoms with Crippen LogP contribution in [0.2, 0.25) is 0 Å². The third kappa shape index (κ3) is 2.09. The van der Waals surface area contributed by atoms with E-state index >= 15 is 0 Å². The molecule has 2 nitrogen and oxygen atoms in total. The van der Waals surface area contributed by atoms with E-state index in [2.05, 4.69) is 20.8 Å². The summed E-state index contributed by atoms with van der Waals surface area (Å²) in [5.41, 5.74) is 1.11. The van der Waals surface area contributed by atoms with Crippen LogP contribution in [-0.2, 0) is 6.42 Å². The number of halogens is 1. The van der Waals surface area contributed by atoms with E-state index in [4.69, 9.17) is 11.0 Å². The van der Waals surface area contributed by atoms with Crippen LogP contribution in [0.1, 0.15) is 11.3 Å². The van der Waals surface area contributed by atoms with Gasteiger partial charge in [0.05, 0.1) is 6.42 Å². The standard InChI is InChI=1S/C8H8BrNO/c1-6-5-8(9)11-7(6)3-4-10-2/h5H,3-4H2,1H3. The largest absolute Gasteiger partial charge is 0.454 e. The van der Waals surface area contributed by atoms with Crippen LogP contribution in [0.4, 0.5) is 0 Å². The van der Waals surface area contributed by atoms with Gasteiger partial charge in [-0.3, -0.25) is 0 Å².